The lowest BCUT2D eigenvalue weighted by Crippen LogP contribution is -2.41. The molecule has 0 fully saturated rings. The van der Waals surface area contributed by atoms with E-state index < -0.39 is 29.8 Å². The first-order valence-corrected chi connectivity index (χ1v) is 6.59. The van der Waals surface area contributed by atoms with Gasteiger partial charge in [0, 0.05) is 6.54 Å². The van der Waals surface area contributed by atoms with Gasteiger partial charge in [-0.3, -0.25) is 19.3 Å². The minimum atomic E-state index is -1.02. The van der Waals surface area contributed by atoms with Gasteiger partial charge in [-0.25, -0.2) is 0 Å². The Labute approximate surface area is 122 Å². The van der Waals surface area contributed by atoms with Gasteiger partial charge in [0.1, 0.15) is 5.92 Å². The number of aliphatic hydroxyl groups excluding tert-OH is 1. The highest BCUT2D eigenvalue weighted by Gasteiger charge is 2.39. The van der Waals surface area contributed by atoms with E-state index in [1.165, 1.54) is 14.0 Å². The zero-order valence-corrected chi connectivity index (χ0v) is 12.1. The molecular formula is C15H17NO5. The zero-order chi connectivity index (χ0) is 15.7. The van der Waals surface area contributed by atoms with Gasteiger partial charge in [-0.15, -0.1) is 0 Å². The van der Waals surface area contributed by atoms with E-state index in [0.29, 0.717) is 11.1 Å². The third kappa shape index (κ3) is 2.67. The summed E-state index contributed by atoms with van der Waals surface area (Å²) in [6.45, 7) is 3.05. The molecule has 0 bridgehead atoms. The maximum Gasteiger partial charge on any atom is 0.313 e. The Morgan fingerprint density at radius 2 is 1.90 bits per heavy atom. The van der Waals surface area contributed by atoms with Crippen LogP contribution in [0, 0.1) is 12.8 Å². The molecule has 1 N–H and O–H groups in total. The first kappa shape index (κ1) is 15.2. The summed E-state index contributed by atoms with van der Waals surface area (Å²) in [6.07, 6.45) is -1.02. The smallest absolute Gasteiger partial charge is 0.313 e. The summed E-state index contributed by atoms with van der Waals surface area (Å²) in [5.74, 6) is -2.52. The van der Waals surface area contributed by atoms with Crippen LogP contribution in [0.2, 0.25) is 0 Å². The van der Waals surface area contributed by atoms with Crippen molar-refractivity contribution in [3.63, 3.8) is 0 Å². The molecule has 0 aliphatic carbocycles. The Bertz CT molecular complexity index is 608. The molecule has 6 heteroatoms. The van der Waals surface area contributed by atoms with E-state index in [1.807, 2.05) is 6.92 Å². The zero-order valence-electron chi connectivity index (χ0n) is 12.1. The molecule has 0 radical (unpaired) electrons. The number of rotatable bonds is 4. The second-order valence-corrected chi connectivity index (χ2v) is 5.14. The number of esters is 1. The summed E-state index contributed by atoms with van der Waals surface area (Å²) in [6, 6.07) is 4.99. The van der Waals surface area contributed by atoms with Crippen molar-refractivity contribution >= 4 is 17.8 Å². The third-order valence-electron chi connectivity index (χ3n) is 3.59. The van der Waals surface area contributed by atoms with E-state index in [9.17, 15) is 19.5 Å². The maximum absolute atomic E-state index is 12.3. The van der Waals surface area contributed by atoms with Crippen molar-refractivity contribution in [1.29, 1.82) is 0 Å². The number of methoxy groups -OCH3 is 1. The summed E-state index contributed by atoms with van der Waals surface area (Å²) in [4.78, 5) is 37.2. The predicted molar refractivity (Wildman–Crippen MR) is 73.7 cm³/mol. The molecule has 0 unspecified atom stereocenters. The number of benzene rings is 1. The number of hydrogen-bond acceptors (Lipinski definition) is 5. The molecule has 0 saturated heterocycles. The summed E-state index contributed by atoms with van der Waals surface area (Å²) in [5, 5.41) is 9.66. The molecule has 2 rings (SSSR count). The standard InChI is InChI=1S/C15H17NO5/c1-8-4-5-10-11(6-8)14(19)16(13(10)18)7-12(9(2)17)15(20)21-3/h4-6,9,12,17H,7H2,1-3H3/t9-,12-/m1/s1. The largest absolute Gasteiger partial charge is 0.469 e. The number of fused-ring (bicyclic) bond motifs is 1. The Kier molecular flexibility index (Phi) is 4.09. The van der Waals surface area contributed by atoms with Crippen molar-refractivity contribution in [2.45, 2.75) is 20.0 Å². The van der Waals surface area contributed by atoms with Gasteiger partial charge in [0.25, 0.3) is 11.8 Å². The van der Waals surface area contributed by atoms with Gasteiger partial charge in [-0.2, -0.15) is 0 Å². The number of nitrogens with zero attached hydrogens (tertiary/aromatic N) is 1. The number of hydrogen-bond donors (Lipinski definition) is 1. The van der Waals surface area contributed by atoms with Gasteiger partial charge in [0.2, 0.25) is 0 Å². The summed E-state index contributed by atoms with van der Waals surface area (Å²) in [7, 11) is 1.20. The number of amides is 2. The number of carbonyl (C=O) groups is 3. The number of ether oxygens (including phenoxy) is 1. The Balaban J connectivity index is 2.29. The Hall–Kier alpha value is -2.21. The highest BCUT2D eigenvalue weighted by Crippen LogP contribution is 2.25. The average molecular weight is 291 g/mol. The molecule has 1 aromatic rings. The second-order valence-electron chi connectivity index (χ2n) is 5.14. The Morgan fingerprint density at radius 3 is 2.48 bits per heavy atom. The summed E-state index contributed by atoms with van der Waals surface area (Å²) in [5.41, 5.74) is 1.52. The van der Waals surface area contributed by atoms with E-state index in [0.717, 1.165) is 10.5 Å². The van der Waals surface area contributed by atoms with Gasteiger partial charge in [0.05, 0.1) is 24.3 Å². The molecule has 0 spiro atoms. The molecule has 21 heavy (non-hydrogen) atoms. The molecule has 1 aliphatic heterocycles. The normalized spacial score (nSPS) is 16.7. The van der Waals surface area contributed by atoms with Crippen LogP contribution in [-0.4, -0.2) is 47.5 Å². The van der Waals surface area contributed by atoms with E-state index in [1.54, 1.807) is 18.2 Å². The fourth-order valence-electron chi connectivity index (χ4n) is 2.34. The van der Waals surface area contributed by atoms with Crippen molar-refractivity contribution < 1.29 is 24.2 Å². The monoisotopic (exact) mass is 291 g/mol. The second kappa shape index (κ2) is 5.65. The molecule has 6 nitrogen and oxygen atoms in total. The number of aliphatic hydroxyl groups is 1. The minimum Gasteiger partial charge on any atom is -0.469 e. The topological polar surface area (TPSA) is 83.9 Å². The molecule has 0 aromatic heterocycles. The Morgan fingerprint density at radius 1 is 1.29 bits per heavy atom. The van der Waals surface area contributed by atoms with Crippen LogP contribution in [-0.2, 0) is 9.53 Å². The SMILES string of the molecule is COC(=O)[C@H](CN1C(=O)c2ccc(C)cc2C1=O)[C@@H](C)O. The van der Waals surface area contributed by atoms with E-state index in [2.05, 4.69) is 4.74 Å². The van der Waals surface area contributed by atoms with Crippen molar-refractivity contribution in [1.82, 2.24) is 4.90 Å². The highest BCUT2D eigenvalue weighted by atomic mass is 16.5. The predicted octanol–water partition coefficient (Wildman–Crippen LogP) is 0.761. The van der Waals surface area contributed by atoms with Crippen LogP contribution in [0.3, 0.4) is 0 Å². The molecular weight excluding hydrogens is 274 g/mol. The van der Waals surface area contributed by atoms with Crippen LogP contribution in [0.25, 0.3) is 0 Å². The van der Waals surface area contributed by atoms with Crippen LogP contribution in [0.4, 0.5) is 0 Å². The van der Waals surface area contributed by atoms with Crippen LogP contribution in [0.15, 0.2) is 18.2 Å². The highest BCUT2D eigenvalue weighted by molar-refractivity contribution is 6.21. The molecule has 1 aliphatic rings. The van der Waals surface area contributed by atoms with Crippen molar-refractivity contribution in [2.75, 3.05) is 13.7 Å². The minimum absolute atomic E-state index is 0.199. The average Bonchev–Trinajstić information content (AvgIpc) is 2.67. The lowest BCUT2D eigenvalue weighted by molar-refractivity contribution is -0.149. The van der Waals surface area contributed by atoms with Crippen LogP contribution < -0.4 is 0 Å². The number of imide groups is 1. The van der Waals surface area contributed by atoms with Crippen molar-refractivity contribution in [2.24, 2.45) is 5.92 Å². The van der Waals surface area contributed by atoms with E-state index in [-0.39, 0.29) is 6.54 Å². The van der Waals surface area contributed by atoms with E-state index in [4.69, 9.17) is 0 Å². The van der Waals surface area contributed by atoms with E-state index >= 15 is 0 Å². The van der Waals surface area contributed by atoms with Gasteiger partial charge >= 0.3 is 5.97 Å². The number of carbonyl (C=O) groups excluding carboxylic acids is 3. The lowest BCUT2D eigenvalue weighted by Gasteiger charge is -2.22. The van der Waals surface area contributed by atoms with Crippen molar-refractivity contribution in [3.05, 3.63) is 34.9 Å². The van der Waals surface area contributed by atoms with Gasteiger partial charge in [0.15, 0.2) is 0 Å². The fraction of sp³-hybridized carbons (Fsp3) is 0.400. The van der Waals surface area contributed by atoms with Gasteiger partial charge in [-0.1, -0.05) is 11.6 Å². The van der Waals surface area contributed by atoms with Gasteiger partial charge in [-0.05, 0) is 26.0 Å². The first-order valence-electron chi connectivity index (χ1n) is 6.59. The quantitative estimate of drug-likeness (QED) is 0.654. The van der Waals surface area contributed by atoms with Gasteiger partial charge < -0.3 is 9.84 Å². The van der Waals surface area contributed by atoms with Crippen LogP contribution >= 0.6 is 0 Å². The molecule has 0 saturated carbocycles. The summed E-state index contributed by atoms with van der Waals surface area (Å²) >= 11 is 0. The van der Waals surface area contributed by atoms with Crippen LogP contribution in [0.1, 0.15) is 33.2 Å². The molecule has 2 atom stereocenters. The van der Waals surface area contributed by atoms with Crippen LogP contribution in [0.5, 0.6) is 0 Å². The maximum atomic E-state index is 12.3. The fourth-order valence-corrected chi connectivity index (χ4v) is 2.34. The lowest BCUT2D eigenvalue weighted by atomic mass is 10.0. The summed E-state index contributed by atoms with van der Waals surface area (Å²) < 4.78 is 4.60. The molecule has 112 valence electrons. The molecule has 2 amide bonds. The van der Waals surface area contributed by atoms with Crippen molar-refractivity contribution in [3.8, 4) is 0 Å². The molecule has 1 heterocycles. The number of aryl methyl sites for hydroxylation is 1. The first-order chi connectivity index (χ1) is 9.86. The molecule has 1 aromatic carbocycles. The third-order valence-corrected chi connectivity index (χ3v) is 3.59.